The Morgan fingerprint density at radius 2 is 1.19 bits per heavy atom. The van der Waals surface area contributed by atoms with Gasteiger partial charge >= 0.3 is 7.12 Å². The fourth-order valence-corrected chi connectivity index (χ4v) is 2.72. The van der Waals surface area contributed by atoms with Gasteiger partial charge in [-0.2, -0.15) is 0 Å². The first-order valence-corrected chi connectivity index (χ1v) is 6.63. The maximum absolute atomic E-state index is 6.18. The molecule has 1 saturated heterocycles. The fraction of sp³-hybridized carbons (Fsp3) is 1.00. The van der Waals surface area contributed by atoms with Gasteiger partial charge in [0.25, 0.3) is 0 Å². The van der Waals surface area contributed by atoms with Crippen LogP contribution in [0.2, 0.25) is 5.31 Å². The molecule has 0 aromatic rings. The Labute approximate surface area is 100 Å². The van der Waals surface area contributed by atoms with Gasteiger partial charge in [-0.25, -0.2) is 0 Å². The SMILES string of the molecule is CC1(B2OC(C)(C)C(C)(C)O2)CCCCC1. The van der Waals surface area contributed by atoms with Crippen LogP contribution in [0.3, 0.4) is 0 Å². The summed E-state index contributed by atoms with van der Waals surface area (Å²) >= 11 is 0. The van der Waals surface area contributed by atoms with Crippen LogP contribution in [-0.4, -0.2) is 18.3 Å². The largest absolute Gasteiger partial charge is 0.464 e. The van der Waals surface area contributed by atoms with E-state index < -0.39 is 0 Å². The third-order valence-electron chi connectivity index (χ3n) is 4.82. The van der Waals surface area contributed by atoms with Crippen molar-refractivity contribution in [1.82, 2.24) is 0 Å². The minimum atomic E-state index is -0.182. The molecule has 0 bridgehead atoms. The normalized spacial score (nSPS) is 31.7. The molecule has 0 aromatic heterocycles. The molecule has 0 radical (unpaired) electrons. The highest BCUT2D eigenvalue weighted by Gasteiger charge is 2.57. The highest BCUT2D eigenvalue weighted by atomic mass is 16.7. The van der Waals surface area contributed by atoms with Crippen LogP contribution in [-0.2, 0) is 9.31 Å². The van der Waals surface area contributed by atoms with Gasteiger partial charge in [-0.3, -0.25) is 0 Å². The third-order valence-corrected chi connectivity index (χ3v) is 4.82. The highest BCUT2D eigenvalue weighted by molar-refractivity contribution is 6.49. The zero-order chi connectivity index (χ0) is 12.0. The molecule has 0 amide bonds. The quantitative estimate of drug-likeness (QED) is 0.630. The lowest BCUT2D eigenvalue weighted by Crippen LogP contribution is -2.41. The van der Waals surface area contributed by atoms with Gasteiger partial charge in [-0.05, 0) is 40.5 Å². The lowest BCUT2D eigenvalue weighted by Gasteiger charge is -2.35. The van der Waals surface area contributed by atoms with Crippen molar-refractivity contribution in [2.24, 2.45) is 0 Å². The summed E-state index contributed by atoms with van der Waals surface area (Å²) in [7, 11) is -0.0159. The first-order chi connectivity index (χ1) is 7.27. The molecule has 0 N–H and O–H groups in total. The van der Waals surface area contributed by atoms with Crippen LogP contribution in [0, 0.1) is 0 Å². The van der Waals surface area contributed by atoms with Gasteiger partial charge in [-0.1, -0.05) is 26.2 Å². The van der Waals surface area contributed by atoms with E-state index in [2.05, 4.69) is 34.6 Å². The molecule has 92 valence electrons. The van der Waals surface area contributed by atoms with Gasteiger partial charge in [0.15, 0.2) is 0 Å². The molecule has 1 saturated carbocycles. The van der Waals surface area contributed by atoms with E-state index in [4.69, 9.17) is 9.31 Å². The lowest BCUT2D eigenvalue weighted by molar-refractivity contribution is 0.00578. The zero-order valence-corrected chi connectivity index (χ0v) is 11.4. The minimum absolute atomic E-state index is 0.0159. The summed E-state index contributed by atoms with van der Waals surface area (Å²) in [4.78, 5) is 0. The van der Waals surface area contributed by atoms with E-state index in [0.29, 0.717) is 0 Å². The Hall–Kier alpha value is -0.0151. The maximum Gasteiger partial charge on any atom is 0.464 e. The molecule has 0 spiro atoms. The molecule has 0 atom stereocenters. The van der Waals surface area contributed by atoms with E-state index in [1.807, 2.05) is 0 Å². The molecule has 2 rings (SSSR count). The second-order valence-electron chi connectivity index (χ2n) is 6.80. The fourth-order valence-electron chi connectivity index (χ4n) is 2.72. The summed E-state index contributed by atoms with van der Waals surface area (Å²) in [5.41, 5.74) is -0.365. The summed E-state index contributed by atoms with van der Waals surface area (Å²) in [5, 5.41) is 0.225. The Morgan fingerprint density at radius 1 is 0.750 bits per heavy atom. The van der Waals surface area contributed by atoms with Crippen LogP contribution in [0.1, 0.15) is 66.7 Å². The van der Waals surface area contributed by atoms with Crippen molar-refractivity contribution >= 4 is 7.12 Å². The smallest absolute Gasteiger partial charge is 0.403 e. The Bertz CT molecular complexity index is 251. The Morgan fingerprint density at radius 3 is 1.62 bits per heavy atom. The van der Waals surface area contributed by atoms with E-state index in [0.717, 1.165) is 0 Å². The molecule has 2 aliphatic rings. The van der Waals surface area contributed by atoms with Crippen LogP contribution < -0.4 is 0 Å². The summed E-state index contributed by atoms with van der Waals surface area (Å²) < 4.78 is 12.4. The highest BCUT2D eigenvalue weighted by Crippen LogP contribution is 2.51. The zero-order valence-electron chi connectivity index (χ0n) is 11.4. The van der Waals surface area contributed by atoms with Crippen LogP contribution in [0.5, 0.6) is 0 Å². The van der Waals surface area contributed by atoms with Gasteiger partial charge in [0.2, 0.25) is 0 Å². The summed E-state index contributed by atoms with van der Waals surface area (Å²) in [6.07, 6.45) is 6.49. The Balaban J connectivity index is 2.13. The van der Waals surface area contributed by atoms with Gasteiger partial charge in [0, 0.05) is 5.31 Å². The number of hydrogen-bond donors (Lipinski definition) is 0. The van der Waals surface area contributed by atoms with E-state index in [9.17, 15) is 0 Å². The molecule has 1 aliphatic heterocycles. The van der Waals surface area contributed by atoms with Gasteiger partial charge in [-0.15, -0.1) is 0 Å². The predicted octanol–water partition coefficient (Wildman–Crippen LogP) is 3.80. The van der Waals surface area contributed by atoms with Gasteiger partial charge < -0.3 is 9.31 Å². The Kier molecular flexibility index (Phi) is 2.91. The van der Waals surface area contributed by atoms with E-state index >= 15 is 0 Å². The molecule has 0 unspecified atom stereocenters. The molecule has 1 heterocycles. The van der Waals surface area contributed by atoms with E-state index in [-0.39, 0.29) is 23.6 Å². The predicted molar refractivity (Wildman–Crippen MR) is 67.5 cm³/mol. The van der Waals surface area contributed by atoms with E-state index in [1.54, 1.807) is 0 Å². The average Bonchev–Trinajstić information content (AvgIpc) is 2.38. The molecule has 0 aromatic carbocycles. The van der Waals surface area contributed by atoms with Crippen molar-refractivity contribution in [1.29, 1.82) is 0 Å². The third kappa shape index (κ3) is 1.93. The van der Waals surface area contributed by atoms with Crippen LogP contribution in [0.15, 0.2) is 0 Å². The van der Waals surface area contributed by atoms with Crippen LogP contribution >= 0.6 is 0 Å². The molecule has 16 heavy (non-hydrogen) atoms. The van der Waals surface area contributed by atoms with Crippen molar-refractivity contribution < 1.29 is 9.31 Å². The molecule has 3 heteroatoms. The van der Waals surface area contributed by atoms with Gasteiger partial charge in [0.05, 0.1) is 11.2 Å². The van der Waals surface area contributed by atoms with Crippen LogP contribution in [0.25, 0.3) is 0 Å². The number of rotatable bonds is 1. The van der Waals surface area contributed by atoms with Gasteiger partial charge in [0.1, 0.15) is 0 Å². The van der Waals surface area contributed by atoms with E-state index in [1.165, 1.54) is 32.1 Å². The van der Waals surface area contributed by atoms with Crippen molar-refractivity contribution in [3.05, 3.63) is 0 Å². The average molecular weight is 224 g/mol. The second kappa shape index (κ2) is 3.74. The molecular weight excluding hydrogens is 199 g/mol. The molecule has 2 nitrogen and oxygen atoms in total. The first-order valence-electron chi connectivity index (χ1n) is 6.63. The monoisotopic (exact) mass is 224 g/mol. The molecule has 2 fully saturated rings. The van der Waals surface area contributed by atoms with Crippen LogP contribution in [0.4, 0.5) is 0 Å². The van der Waals surface area contributed by atoms with Crippen molar-refractivity contribution in [2.75, 3.05) is 0 Å². The van der Waals surface area contributed by atoms with Crippen molar-refractivity contribution in [3.8, 4) is 0 Å². The summed E-state index contributed by atoms with van der Waals surface area (Å²) in [5.74, 6) is 0. The van der Waals surface area contributed by atoms with Crippen molar-refractivity contribution in [2.45, 2.75) is 83.2 Å². The topological polar surface area (TPSA) is 18.5 Å². The maximum atomic E-state index is 6.18. The minimum Gasteiger partial charge on any atom is -0.403 e. The molecular formula is C13H25BO2. The lowest BCUT2D eigenvalue weighted by atomic mass is 9.52. The summed E-state index contributed by atoms with van der Waals surface area (Å²) in [6.45, 7) is 10.9. The second-order valence-corrected chi connectivity index (χ2v) is 6.80. The molecule has 1 aliphatic carbocycles. The number of hydrogen-bond acceptors (Lipinski definition) is 2. The first kappa shape index (κ1) is 12.4. The standard InChI is InChI=1S/C13H25BO2/c1-11(2)12(3,4)16-14(15-11)13(5)9-7-6-8-10-13/h6-10H2,1-5H3. The summed E-state index contributed by atoms with van der Waals surface area (Å²) in [6, 6.07) is 0. The van der Waals surface area contributed by atoms with Crippen molar-refractivity contribution in [3.63, 3.8) is 0 Å².